The van der Waals surface area contributed by atoms with Crippen molar-refractivity contribution in [3.05, 3.63) is 185 Å². The van der Waals surface area contributed by atoms with Crippen LogP contribution in [-0.4, -0.2) is 0 Å². The number of nitrogens with zero attached hydrogens (tertiary/aromatic N) is 1. The maximum atomic E-state index is 2.48. The molecule has 51 heavy (non-hydrogen) atoms. The van der Waals surface area contributed by atoms with E-state index in [2.05, 4.69) is 198 Å². The van der Waals surface area contributed by atoms with E-state index in [1.807, 2.05) is 0 Å². The van der Waals surface area contributed by atoms with Crippen LogP contribution in [0.25, 0.3) is 54.9 Å². The van der Waals surface area contributed by atoms with Gasteiger partial charge in [0, 0.05) is 5.69 Å². The maximum absolute atomic E-state index is 2.48. The molecule has 8 aromatic rings. The van der Waals surface area contributed by atoms with Crippen LogP contribution in [0.5, 0.6) is 0 Å². The van der Waals surface area contributed by atoms with E-state index in [0.29, 0.717) is 0 Å². The lowest BCUT2D eigenvalue weighted by molar-refractivity contribution is 1.16. The van der Waals surface area contributed by atoms with Crippen LogP contribution < -0.4 is 4.90 Å². The van der Waals surface area contributed by atoms with Gasteiger partial charge in [-0.3, -0.25) is 0 Å². The van der Waals surface area contributed by atoms with Crippen molar-refractivity contribution in [3.63, 3.8) is 0 Å². The molecule has 8 aromatic carbocycles. The predicted molar refractivity (Wildman–Crippen MR) is 221 cm³/mol. The molecule has 0 aliphatic rings. The number of hydrogen-bond donors (Lipinski definition) is 0. The molecule has 0 unspecified atom stereocenters. The molecule has 1 heteroatoms. The molecule has 0 spiro atoms. The zero-order valence-electron chi connectivity index (χ0n) is 30.4. The van der Waals surface area contributed by atoms with Crippen LogP contribution in [0.1, 0.15) is 33.4 Å². The average molecular weight is 658 g/mol. The molecule has 0 amide bonds. The Labute approximate surface area is 302 Å². The fourth-order valence-corrected chi connectivity index (χ4v) is 8.41. The summed E-state index contributed by atoms with van der Waals surface area (Å²) >= 11 is 0. The highest BCUT2D eigenvalue weighted by molar-refractivity contribution is 6.22. The lowest BCUT2D eigenvalue weighted by atomic mass is 9.85. The zero-order valence-corrected chi connectivity index (χ0v) is 30.4. The summed E-state index contributed by atoms with van der Waals surface area (Å²) in [4.78, 5) is 2.48. The summed E-state index contributed by atoms with van der Waals surface area (Å²) in [6, 6.07) is 56.0. The van der Waals surface area contributed by atoms with Crippen LogP contribution in [0.2, 0.25) is 0 Å². The van der Waals surface area contributed by atoms with Gasteiger partial charge in [0.1, 0.15) is 0 Å². The summed E-state index contributed by atoms with van der Waals surface area (Å²) in [7, 11) is 0. The third-order valence-electron chi connectivity index (χ3n) is 10.3. The SMILES string of the molecule is Cc1cc(C)c(N(c2ccc(-c3ccc4c(-c5ccccc5)c5ccccc5c(-c5ccccc5)c4c3)cc2)c2c(C)cc(C)cc2C)c(C)c1. The topological polar surface area (TPSA) is 3.24 Å². The van der Waals surface area contributed by atoms with E-state index in [0.717, 1.165) is 5.69 Å². The normalized spacial score (nSPS) is 11.3. The zero-order chi connectivity index (χ0) is 35.2. The minimum absolute atomic E-state index is 1.16. The van der Waals surface area contributed by atoms with Crippen molar-refractivity contribution in [1.29, 1.82) is 0 Å². The monoisotopic (exact) mass is 657 g/mol. The molecule has 0 N–H and O–H groups in total. The Bertz CT molecular complexity index is 2460. The quantitative estimate of drug-likeness (QED) is 0.161. The Balaban J connectivity index is 1.33. The van der Waals surface area contributed by atoms with Gasteiger partial charge in [-0.05, 0) is 137 Å². The summed E-state index contributed by atoms with van der Waals surface area (Å²) in [5.74, 6) is 0. The second-order valence-corrected chi connectivity index (χ2v) is 14.2. The number of rotatable bonds is 6. The third kappa shape index (κ3) is 5.79. The summed E-state index contributed by atoms with van der Waals surface area (Å²) < 4.78 is 0. The molecule has 0 saturated carbocycles. The molecule has 0 fully saturated rings. The van der Waals surface area contributed by atoms with Crippen LogP contribution in [0.15, 0.2) is 152 Å². The molecular weight excluding hydrogens is 615 g/mol. The minimum Gasteiger partial charge on any atom is -0.309 e. The molecule has 0 aliphatic heterocycles. The van der Waals surface area contributed by atoms with Gasteiger partial charge in [-0.15, -0.1) is 0 Å². The largest absolute Gasteiger partial charge is 0.309 e. The van der Waals surface area contributed by atoms with Crippen molar-refractivity contribution in [2.24, 2.45) is 0 Å². The highest BCUT2D eigenvalue weighted by Gasteiger charge is 2.22. The summed E-state index contributed by atoms with van der Waals surface area (Å²) in [5.41, 5.74) is 18.8. The van der Waals surface area contributed by atoms with Gasteiger partial charge < -0.3 is 4.90 Å². The van der Waals surface area contributed by atoms with Gasteiger partial charge in [0.2, 0.25) is 0 Å². The Morgan fingerprint density at radius 3 is 1.18 bits per heavy atom. The molecule has 0 aromatic heterocycles. The molecule has 0 saturated heterocycles. The third-order valence-corrected chi connectivity index (χ3v) is 10.3. The number of benzene rings is 8. The van der Waals surface area contributed by atoms with Gasteiger partial charge in [-0.1, -0.05) is 145 Å². The van der Waals surface area contributed by atoms with Crippen LogP contribution in [0.3, 0.4) is 0 Å². The molecule has 1 nitrogen and oxygen atoms in total. The Kier molecular flexibility index (Phi) is 8.28. The van der Waals surface area contributed by atoms with Crippen LogP contribution in [0.4, 0.5) is 17.1 Å². The highest BCUT2D eigenvalue weighted by Crippen LogP contribution is 2.46. The first kappa shape index (κ1) is 32.3. The van der Waals surface area contributed by atoms with E-state index in [9.17, 15) is 0 Å². The fraction of sp³-hybridized carbons (Fsp3) is 0.120. The predicted octanol–water partition coefficient (Wildman–Crippen LogP) is 14.3. The first-order chi connectivity index (χ1) is 24.8. The van der Waals surface area contributed by atoms with Crippen LogP contribution in [-0.2, 0) is 0 Å². The fourth-order valence-electron chi connectivity index (χ4n) is 8.41. The van der Waals surface area contributed by atoms with Gasteiger partial charge in [-0.2, -0.15) is 0 Å². The number of fused-ring (bicyclic) bond motifs is 2. The summed E-state index contributed by atoms with van der Waals surface area (Å²) in [6.45, 7) is 13.3. The Morgan fingerprint density at radius 2 is 0.706 bits per heavy atom. The molecule has 0 aliphatic carbocycles. The number of aryl methyl sites for hydroxylation is 6. The Morgan fingerprint density at radius 1 is 0.314 bits per heavy atom. The van der Waals surface area contributed by atoms with Gasteiger partial charge in [0.25, 0.3) is 0 Å². The molecule has 8 rings (SSSR count). The van der Waals surface area contributed by atoms with Crippen molar-refractivity contribution in [2.75, 3.05) is 4.90 Å². The van der Waals surface area contributed by atoms with Gasteiger partial charge >= 0.3 is 0 Å². The molecular formula is C50H43N. The summed E-state index contributed by atoms with van der Waals surface area (Å²) in [5, 5.41) is 5.07. The molecule has 0 radical (unpaired) electrons. The van der Waals surface area contributed by atoms with Gasteiger partial charge in [0.15, 0.2) is 0 Å². The first-order valence-corrected chi connectivity index (χ1v) is 17.9. The Hall–Kier alpha value is -5.92. The second kappa shape index (κ2) is 13.1. The molecule has 0 atom stereocenters. The smallest absolute Gasteiger partial charge is 0.0520 e. The van der Waals surface area contributed by atoms with E-state index >= 15 is 0 Å². The van der Waals surface area contributed by atoms with E-state index in [4.69, 9.17) is 0 Å². The lowest BCUT2D eigenvalue weighted by Gasteiger charge is -2.32. The number of anilines is 3. The highest BCUT2D eigenvalue weighted by atomic mass is 15.2. The second-order valence-electron chi connectivity index (χ2n) is 14.2. The van der Waals surface area contributed by atoms with Crippen molar-refractivity contribution < 1.29 is 0 Å². The minimum atomic E-state index is 1.16. The maximum Gasteiger partial charge on any atom is 0.0520 e. The van der Waals surface area contributed by atoms with E-state index in [1.54, 1.807) is 0 Å². The summed E-state index contributed by atoms with van der Waals surface area (Å²) in [6.07, 6.45) is 0. The number of hydrogen-bond acceptors (Lipinski definition) is 1. The van der Waals surface area contributed by atoms with Crippen LogP contribution in [0, 0.1) is 41.5 Å². The molecule has 248 valence electrons. The van der Waals surface area contributed by atoms with E-state index in [-0.39, 0.29) is 0 Å². The lowest BCUT2D eigenvalue weighted by Crippen LogP contribution is -2.15. The van der Waals surface area contributed by atoms with Gasteiger partial charge in [0.05, 0.1) is 11.4 Å². The first-order valence-electron chi connectivity index (χ1n) is 17.9. The molecule has 0 bridgehead atoms. The van der Waals surface area contributed by atoms with E-state index < -0.39 is 0 Å². The van der Waals surface area contributed by atoms with Crippen LogP contribution >= 0.6 is 0 Å². The average Bonchev–Trinajstić information content (AvgIpc) is 3.13. The van der Waals surface area contributed by atoms with Crippen molar-refractivity contribution >= 4 is 38.6 Å². The molecule has 0 heterocycles. The van der Waals surface area contributed by atoms with Crippen molar-refractivity contribution in [2.45, 2.75) is 41.5 Å². The van der Waals surface area contributed by atoms with Crippen molar-refractivity contribution in [1.82, 2.24) is 0 Å². The van der Waals surface area contributed by atoms with Gasteiger partial charge in [-0.25, -0.2) is 0 Å². The van der Waals surface area contributed by atoms with E-state index in [1.165, 1.54) is 99.7 Å². The standard InChI is InChI=1S/C50H43N/c1-32-27-34(3)49(35(4)28-32)51(50-36(5)29-33(2)30-37(50)6)42-24-21-38(22-25-42)41-23-26-45-46(31-41)48(40-17-11-8-12-18-40)44-20-14-13-19-43(44)47(45)39-15-9-7-10-16-39/h7-31H,1-6H3. The van der Waals surface area contributed by atoms with Crippen molar-refractivity contribution in [3.8, 4) is 33.4 Å².